The monoisotopic (exact) mass is 502 g/mol. The molecule has 1 fully saturated rings. The number of nitrogens with zero attached hydrogens (tertiary/aromatic N) is 2. The summed E-state index contributed by atoms with van der Waals surface area (Å²) in [6, 6.07) is 6.39. The number of hydrogen-bond acceptors (Lipinski definition) is 4. The fraction of sp³-hybridized carbons (Fsp3) is 0.421. The Bertz CT molecular complexity index is 909. The summed E-state index contributed by atoms with van der Waals surface area (Å²) in [5.41, 5.74) is 4.49. The predicted molar refractivity (Wildman–Crippen MR) is 105 cm³/mol. The number of nitrogens with one attached hydrogen (secondary N) is 1. The van der Waals surface area contributed by atoms with Crippen LogP contribution in [0.3, 0.4) is 0 Å². The molecule has 2 atom stereocenters. The second-order valence-corrected chi connectivity index (χ2v) is 10.9. The standard InChI is InChI=1S/C19H22ClIN3OS/c1-12-14(4-6-26-12)15-7-13(20)8-17-19(15)24(11-23-17)5-2-3-16-18(25)9-21-10-22-16/h4,6-8,11,16,18,22,25H,2-3,5,9-10H2,1H3/q-1/t16-,18+/m1/s1. The average molecular weight is 503 g/mol. The van der Waals surface area contributed by atoms with Gasteiger partial charge in [0, 0.05) is 0 Å². The number of halogens is 2. The predicted octanol–water partition coefficient (Wildman–Crippen LogP) is 0.886. The van der Waals surface area contributed by atoms with Gasteiger partial charge in [0.1, 0.15) is 0 Å². The van der Waals surface area contributed by atoms with E-state index in [1.165, 1.54) is 10.4 Å². The van der Waals surface area contributed by atoms with Gasteiger partial charge in [0.2, 0.25) is 0 Å². The van der Waals surface area contributed by atoms with E-state index in [-0.39, 0.29) is 33.4 Å². The van der Waals surface area contributed by atoms with Gasteiger partial charge in [-0.2, -0.15) is 0 Å². The number of alkyl halides is 2. The van der Waals surface area contributed by atoms with Crippen LogP contribution in [0.15, 0.2) is 29.9 Å². The Morgan fingerprint density at radius 3 is 3.08 bits per heavy atom. The zero-order valence-corrected chi connectivity index (χ0v) is 18.3. The molecule has 0 spiro atoms. The van der Waals surface area contributed by atoms with Gasteiger partial charge in [0.05, 0.1) is 0 Å². The summed E-state index contributed by atoms with van der Waals surface area (Å²) in [5.74, 6) is 0. The molecule has 0 unspecified atom stereocenters. The number of thiophene rings is 1. The minimum atomic E-state index is -0.168. The van der Waals surface area contributed by atoms with E-state index in [9.17, 15) is 5.11 Å². The SMILES string of the molecule is Cc1sccc1-c1cc(Cl)cc2ncn(CCC[C@H]3NC[I-]C[C@@H]3O)c12. The van der Waals surface area contributed by atoms with Crippen LogP contribution < -0.4 is 26.5 Å². The van der Waals surface area contributed by atoms with Crippen LogP contribution in [0.5, 0.6) is 0 Å². The molecule has 1 aliphatic rings. The van der Waals surface area contributed by atoms with Gasteiger partial charge in [0.15, 0.2) is 0 Å². The van der Waals surface area contributed by atoms with E-state index < -0.39 is 0 Å². The molecule has 2 N–H and O–H groups in total. The third kappa shape index (κ3) is 3.80. The van der Waals surface area contributed by atoms with Gasteiger partial charge in [-0.05, 0) is 0 Å². The second kappa shape index (κ2) is 8.14. The molecule has 140 valence electrons. The number of rotatable bonds is 5. The van der Waals surface area contributed by atoms with Gasteiger partial charge in [-0.25, -0.2) is 0 Å². The van der Waals surface area contributed by atoms with Crippen LogP contribution in [0.25, 0.3) is 22.2 Å². The number of aliphatic hydroxyl groups excluding tert-OH is 1. The molecular weight excluding hydrogens is 481 g/mol. The summed E-state index contributed by atoms with van der Waals surface area (Å²) in [6.07, 6.45) is 3.76. The van der Waals surface area contributed by atoms with Gasteiger partial charge in [0.25, 0.3) is 0 Å². The van der Waals surface area contributed by atoms with E-state index in [2.05, 4.69) is 33.2 Å². The number of aliphatic hydroxyl groups is 1. The van der Waals surface area contributed by atoms with Crippen LogP contribution >= 0.6 is 22.9 Å². The fourth-order valence-electron chi connectivity index (χ4n) is 3.55. The number of hydrogen-bond donors (Lipinski definition) is 2. The Balaban J connectivity index is 1.59. The molecule has 3 heterocycles. The molecular formula is C19H22ClIN3OS-. The summed E-state index contributed by atoms with van der Waals surface area (Å²) in [6.45, 7) is 3.04. The van der Waals surface area contributed by atoms with Crippen molar-refractivity contribution in [1.82, 2.24) is 14.9 Å². The molecule has 1 aliphatic heterocycles. The normalized spacial score (nSPS) is 21.0. The van der Waals surface area contributed by atoms with E-state index in [1.807, 2.05) is 18.5 Å². The Labute approximate surface area is 172 Å². The van der Waals surface area contributed by atoms with Gasteiger partial charge >= 0.3 is 174 Å². The summed E-state index contributed by atoms with van der Waals surface area (Å²) < 4.78 is 4.37. The maximum atomic E-state index is 10.2. The van der Waals surface area contributed by atoms with Crippen LogP contribution in [0.1, 0.15) is 17.7 Å². The van der Waals surface area contributed by atoms with Crippen LogP contribution in [0, 0.1) is 6.92 Å². The quantitative estimate of drug-likeness (QED) is 0.310. The van der Waals surface area contributed by atoms with Crippen molar-refractivity contribution < 1.29 is 26.3 Å². The molecule has 3 aromatic rings. The molecule has 4 nitrogen and oxygen atoms in total. The van der Waals surface area contributed by atoms with E-state index in [0.29, 0.717) is 0 Å². The third-order valence-electron chi connectivity index (χ3n) is 4.91. The summed E-state index contributed by atoms with van der Waals surface area (Å²) in [7, 11) is 0. The van der Waals surface area contributed by atoms with E-state index >= 15 is 0 Å². The molecule has 1 aromatic carbocycles. The van der Waals surface area contributed by atoms with Crippen molar-refractivity contribution in [2.24, 2.45) is 0 Å². The zero-order chi connectivity index (χ0) is 18.1. The minimum absolute atomic E-state index is 0.150. The molecule has 0 radical (unpaired) electrons. The zero-order valence-electron chi connectivity index (χ0n) is 14.6. The van der Waals surface area contributed by atoms with E-state index in [0.717, 1.165) is 50.0 Å². The Morgan fingerprint density at radius 2 is 2.31 bits per heavy atom. The van der Waals surface area contributed by atoms with Crippen molar-refractivity contribution >= 4 is 34.0 Å². The van der Waals surface area contributed by atoms with Crippen molar-refractivity contribution in [3.63, 3.8) is 0 Å². The van der Waals surface area contributed by atoms with Gasteiger partial charge in [-0.15, -0.1) is 0 Å². The fourth-order valence-corrected chi connectivity index (χ4v) is 6.92. The van der Waals surface area contributed by atoms with Gasteiger partial charge in [-0.1, -0.05) is 0 Å². The number of aryl methyl sites for hydroxylation is 2. The number of imidazole rings is 1. The first-order chi connectivity index (χ1) is 12.6. The topological polar surface area (TPSA) is 50.1 Å². The molecule has 1 saturated heterocycles. The Kier molecular flexibility index (Phi) is 5.85. The summed E-state index contributed by atoms with van der Waals surface area (Å²) in [5, 5.41) is 16.5. The van der Waals surface area contributed by atoms with E-state index in [4.69, 9.17) is 11.6 Å². The Hall–Kier alpha value is -0.670. The van der Waals surface area contributed by atoms with Gasteiger partial charge in [-0.3, -0.25) is 0 Å². The second-order valence-electron chi connectivity index (χ2n) is 6.65. The van der Waals surface area contributed by atoms with Crippen molar-refractivity contribution in [3.05, 3.63) is 39.8 Å². The molecule has 7 heteroatoms. The summed E-state index contributed by atoms with van der Waals surface area (Å²) >= 11 is 8.25. The van der Waals surface area contributed by atoms with Crippen LogP contribution in [-0.4, -0.2) is 35.8 Å². The number of benzene rings is 1. The maximum absolute atomic E-state index is 10.2. The average Bonchev–Trinajstić information content (AvgIpc) is 3.22. The first kappa shape index (κ1) is 18.7. The first-order valence-corrected chi connectivity index (χ1v) is 13.1. The van der Waals surface area contributed by atoms with Crippen LogP contribution in [-0.2, 0) is 6.54 Å². The van der Waals surface area contributed by atoms with Crippen molar-refractivity contribution in [2.75, 3.05) is 8.98 Å². The molecule has 0 aliphatic carbocycles. The van der Waals surface area contributed by atoms with Crippen molar-refractivity contribution in [2.45, 2.75) is 38.5 Å². The molecule has 0 bridgehead atoms. The molecule has 0 amide bonds. The van der Waals surface area contributed by atoms with E-state index in [1.54, 1.807) is 11.3 Å². The first-order valence-electron chi connectivity index (χ1n) is 8.77. The van der Waals surface area contributed by atoms with Gasteiger partial charge < -0.3 is 0 Å². The van der Waals surface area contributed by atoms with Crippen LogP contribution in [0.2, 0.25) is 5.02 Å². The molecule has 2 aromatic heterocycles. The van der Waals surface area contributed by atoms with Crippen LogP contribution in [0.4, 0.5) is 0 Å². The van der Waals surface area contributed by atoms with Crippen molar-refractivity contribution in [3.8, 4) is 11.1 Å². The summed E-state index contributed by atoms with van der Waals surface area (Å²) in [4.78, 5) is 5.87. The molecule has 26 heavy (non-hydrogen) atoms. The third-order valence-corrected chi connectivity index (χ3v) is 8.48. The Morgan fingerprint density at radius 1 is 1.42 bits per heavy atom. The number of aromatic nitrogens is 2. The molecule has 0 saturated carbocycles. The number of fused-ring (bicyclic) bond motifs is 1. The molecule has 4 rings (SSSR count). The van der Waals surface area contributed by atoms with Crippen molar-refractivity contribution in [1.29, 1.82) is 0 Å².